The highest BCUT2D eigenvalue weighted by Gasteiger charge is 2.14. The number of nitrogens with two attached hydrogens (primary N) is 1. The molecular weight excluding hydrogens is 200 g/mol. The quantitative estimate of drug-likeness (QED) is 0.603. The van der Waals surface area contributed by atoms with Crippen LogP contribution in [0.4, 0.5) is 5.69 Å². The molecule has 84 valence electrons. The van der Waals surface area contributed by atoms with Crippen LogP contribution in [0.1, 0.15) is 12.0 Å². The van der Waals surface area contributed by atoms with Crippen LogP contribution in [0.25, 0.3) is 0 Å². The molecule has 0 spiro atoms. The predicted molar refractivity (Wildman–Crippen MR) is 64.9 cm³/mol. The summed E-state index contributed by atoms with van der Waals surface area (Å²) in [5, 5.41) is 0. The van der Waals surface area contributed by atoms with E-state index in [1.54, 1.807) is 0 Å². The minimum absolute atomic E-state index is 0.155. The summed E-state index contributed by atoms with van der Waals surface area (Å²) in [6.07, 6.45) is 5.51. The van der Waals surface area contributed by atoms with Crippen molar-refractivity contribution in [2.75, 3.05) is 18.8 Å². The summed E-state index contributed by atoms with van der Waals surface area (Å²) in [5.74, 6) is 0.155. The maximum Gasteiger partial charge on any atom is 0.227 e. The van der Waals surface area contributed by atoms with Gasteiger partial charge in [0.05, 0.1) is 6.42 Å². The molecule has 2 N–H and O–H groups in total. The fourth-order valence-corrected chi connectivity index (χ4v) is 1.84. The largest absolute Gasteiger partial charge is 0.398 e. The van der Waals surface area contributed by atoms with E-state index >= 15 is 0 Å². The van der Waals surface area contributed by atoms with Crippen molar-refractivity contribution < 1.29 is 4.79 Å². The van der Waals surface area contributed by atoms with Crippen molar-refractivity contribution in [2.45, 2.75) is 12.8 Å². The van der Waals surface area contributed by atoms with E-state index in [1.165, 1.54) is 0 Å². The Hall–Kier alpha value is -1.77. The van der Waals surface area contributed by atoms with Crippen molar-refractivity contribution in [3.8, 4) is 0 Å². The number of hydrogen-bond donors (Lipinski definition) is 1. The van der Waals surface area contributed by atoms with Gasteiger partial charge in [0.15, 0.2) is 0 Å². The second kappa shape index (κ2) is 4.84. The van der Waals surface area contributed by atoms with Crippen LogP contribution in [0, 0.1) is 0 Å². The molecule has 0 bridgehead atoms. The zero-order valence-electron chi connectivity index (χ0n) is 9.23. The van der Waals surface area contributed by atoms with Gasteiger partial charge in [-0.2, -0.15) is 0 Å². The van der Waals surface area contributed by atoms with Gasteiger partial charge in [0.2, 0.25) is 5.91 Å². The van der Waals surface area contributed by atoms with E-state index in [2.05, 4.69) is 6.08 Å². The van der Waals surface area contributed by atoms with Gasteiger partial charge in [-0.3, -0.25) is 4.79 Å². The van der Waals surface area contributed by atoms with Crippen LogP contribution in [0.2, 0.25) is 0 Å². The molecule has 0 aromatic heterocycles. The summed E-state index contributed by atoms with van der Waals surface area (Å²) in [4.78, 5) is 13.8. The van der Waals surface area contributed by atoms with Crippen molar-refractivity contribution >= 4 is 11.6 Å². The number of carbonyl (C=O) groups is 1. The maximum atomic E-state index is 12.0. The van der Waals surface area contributed by atoms with E-state index in [4.69, 9.17) is 5.73 Å². The van der Waals surface area contributed by atoms with Crippen LogP contribution < -0.4 is 5.73 Å². The monoisotopic (exact) mass is 216 g/mol. The van der Waals surface area contributed by atoms with Gasteiger partial charge in [-0.1, -0.05) is 30.4 Å². The Bertz CT molecular complexity index is 412. The minimum Gasteiger partial charge on any atom is -0.398 e. The lowest BCUT2D eigenvalue weighted by Gasteiger charge is -2.23. The summed E-state index contributed by atoms with van der Waals surface area (Å²) in [6, 6.07) is 7.54. The van der Waals surface area contributed by atoms with E-state index in [9.17, 15) is 4.79 Å². The molecule has 1 aliphatic heterocycles. The first-order valence-electron chi connectivity index (χ1n) is 5.53. The number of benzene rings is 1. The summed E-state index contributed by atoms with van der Waals surface area (Å²) < 4.78 is 0. The van der Waals surface area contributed by atoms with E-state index in [-0.39, 0.29) is 5.91 Å². The zero-order valence-corrected chi connectivity index (χ0v) is 9.23. The number of carbonyl (C=O) groups excluding carboxylic acids is 1. The van der Waals surface area contributed by atoms with Gasteiger partial charge in [0, 0.05) is 18.8 Å². The molecule has 16 heavy (non-hydrogen) atoms. The lowest BCUT2D eigenvalue weighted by atomic mass is 10.1. The number of nitrogen functional groups attached to an aromatic ring is 1. The summed E-state index contributed by atoms with van der Waals surface area (Å²) >= 11 is 0. The highest BCUT2D eigenvalue weighted by atomic mass is 16.2. The molecule has 0 atom stereocenters. The summed E-state index contributed by atoms with van der Waals surface area (Å²) in [7, 11) is 0. The Labute approximate surface area is 95.6 Å². The van der Waals surface area contributed by atoms with Gasteiger partial charge in [0.25, 0.3) is 0 Å². The van der Waals surface area contributed by atoms with E-state index in [0.29, 0.717) is 12.1 Å². The smallest absolute Gasteiger partial charge is 0.227 e. The molecule has 2 rings (SSSR count). The SMILES string of the molecule is Nc1ccccc1CC(=O)N1CC=CCC1. The lowest BCUT2D eigenvalue weighted by molar-refractivity contribution is -0.130. The van der Waals surface area contributed by atoms with E-state index < -0.39 is 0 Å². The molecule has 1 amide bonds. The average Bonchev–Trinajstić information content (AvgIpc) is 2.33. The van der Waals surface area contributed by atoms with Crippen LogP contribution in [0.5, 0.6) is 0 Å². The molecule has 0 saturated heterocycles. The molecule has 1 aromatic carbocycles. The molecule has 0 unspecified atom stereocenters. The Morgan fingerprint density at radius 1 is 1.31 bits per heavy atom. The number of anilines is 1. The lowest BCUT2D eigenvalue weighted by Crippen LogP contribution is -2.34. The number of amides is 1. The molecule has 3 heteroatoms. The summed E-state index contributed by atoms with van der Waals surface area (Å²) in [6.45, 7) is 1.55. The van der Waals surface area contributed by atoms with Gasteiger partial charge >= 0.3 is 0 Å². The molecule has 0 radical (unpaired) electrons. The van der Waals surface area contributed by atoms with E-state index in [1.807, 2.05) is 35.2 Å². The van der Waals surface area contributed by atoms with Gasteiger partial charge in [-0.25, -0.2) is 0 Å². The average molecular weight is 216 g/mol. The predicted octanol–water partition coefficient (Wildman–Crippen LogP) is 1.60. The Kier molecular flexibility index (Phi) is 3.25. The Morgan fingerprint density at radius 2 is 2.12 bits per heavy atom. The highest BCUT2D eigenvalue weighted by molar-refractivity contribution is 5.80. The maximum absolute atomic E-state index is 12.0. The molecule has 0 aliphatic carbocycles. The highest BCUT2D eigenvalue weighted by Crippen LogP contribution is 2.13. The number of nitrogens with zero attached hydrogens (tertiary/aromatic N) is 1. The molecule has 0 fully saturated rings. The van der Waals surface area contributed by atoms with Crippen molar-refractivity contribution in [2.24, 2.45) is 0 Å². The second-order valence-corrected chi connectivity index (χ2v) is 3.98. The summed E-state index contributed by atoms with van der Waals surface area (Å²) in [5.41, 5.74) is 7.43. The number of hydrogen-bond acceptors (Lipinski definition) is 2. The van der Waals surface area contributed by atoms with Gasteiger partial charge in [0.1, 0.15) is 0 Å². The first kappa shape index (κ1) is 10.7. The number of rotatable bonds is 2. The number of para-hydroxylation sites is 1. The normalized spacial score (nSPS) is 15.1. The molecule has 3 nitrogen and oxygen atoms in total. The molecule has 1 aliphatic rings. The van der Waals surface area contributed by atoms with Gasteiger partial charge < -0.3 is 10.6 Å². The molecule has 1 heterocycles. The third-order valence-corrected chi connectivity index (χ3v) is 2.81. The van der Waals surface area contributed by atoms with Crippen LogP contribution in [-0.2, 0) is 11.2 Å². The minimum atomic E-state index is 0.155. The molecule has 1 aromatic rings. The second-order valence-electron chi connectivity index (χ2n) is 3.98. The molecular formula is C13H16N2O. The first-order valence-corrected chi connectivity index (χ1v) is 5.53. The third-order valence-electron chi connectivity index (χ3n) is 2.81. The molecule has 0 saturated carbocycles. The van der Waals surface area contributed by atoms with Gasteiger partial charge in [-0.05, 0) is 18.1 Å². The fourth-order valence-electron chi connectivity index (χ4n) is 1.84. The van der Waals surface area contributed by atoms with Crippen LogP contribution in [0.15, 0.2) is 36.4 Å². The van der Waals surface area contributed by atoms with Crippen LogP contribution in [0.3, 0.4) is 0 Å². The topological polar surface area (TPSA) is 46.3 Å². The Morgan fingerprint density at radius 3 is 2.81 bits per heavy atom. The van der Waals surface area contributed by atoms with Crippen LogP contribution in [-0.4, -0.2) is 23.9 Å². The van der Waals surface area contributed by atoms with Crippen molar-refractivity contribution in [1.29, 1.82) is 0 Å². The van der Waals surface area contributed by atoms with Crippen molar-refractivity contribution in [3.63, 3.8) is 0 Å². The van der Waals surface area contributed by atoms with Crippen molar-refractivity contribution in [1.82, 2.24) is 4.90 Å². The third kappa shape index (κ3) is 2.42. The standard InChI is InChI=1S/C13H16N2O/c14-12-7-3-2-6-11(12)10-13(16)15-8-4-1-5-9-15/h1-4,6-7H,5,8-10,14H2. The van der Waals surface area contributed by atoms with Crippen molar-refractivity contribution in [3.05, 3.63) is 42.0 Å². The Balaban J connectivity index is 2.02. The zero-order chi connectivity index (χ0) is 11.4. The first-order chi connectivity index (χ1) is 7.77. The van der Waals surface area contributed by atoms with Gasteiger partial charge in [-0.15, -0.1) is 0 Å². The van der Waals surface area contributed by atoms with Crippen LogP contribution >= 0.6 is 0 Å². The van der Waals surface area contributed by atoms with E-state index in [0.717, 1.165) is 25.1 Å². The fraction of sp³-hybridized carbons (Fsp3) is 0.308.